The summed E-state index contributed by atoms with van der Waals surface area (Å²) < 4.78 is 4.88. The Kier molecular flexibility index (Phi) is 3.00. The second-order valence-electron chi connectivity index (χ2n) is 4.51. The molecule has 0 saturated carbocycles. The van der Waals surface area contributed by atoms with Gasteiger partial charge in [-0.3, -0.25) is 0 Å². The predicted octanol–water partition coefficient (Wildman–Crippen LogP) is 1.19. The lowest BCUT2D eigenvalue weighted by Gasteiger charge is -2.29. The molecular formula is C13H14O6. The molecule has 1 aromatic carbocycles. The second kappa shape index (κ2) is 4.25. The molecule has 1 aliphatic carbocycles. The zero-order valence-corrected chi connectivity index (χ0v) is 10.5. The number of aromatic hydroxyl groups is 1. The number of methoxy groups -OCH3 is 1. The third-order valence-corrected chi connectivity index (χ3v) is 3.21. The molecule has 0 saturated heterocycles. The van der Waals surface area contributed by atoms with Gasteiger partial charge in [0, 0.05) is 19.6 Å². The number of aryl methyl sites for hydroxylation is 1. The summed E-state index contributed by atoms with van der Waals surface area (Å²) in [5, 5.41) is 38.9. The maximum Gasteiger partial charge on any atom is 0.339 e. The van der Waals surface area contributed by atoms with Crippen molar-refractivity contribution in [1.82, 2.24) is 0 Å². The van der Waals surface area contributed by atoms with Crippen molar-refractivity contribution in [3.63, 3.8) is 0 Å². The van der Waals surface area contributed by atoms with Gasteiger partial charge in [-0.25, -0.2) is 4.79 Å². The molecule has 0 bridgehead atoms. The van der Waals surface area contributed by atoms with Crippen molar-refractivity contribution in [2.45, 2.75) is 19.1 Å². The molecule has 2 rings (SSSR count). The van der Waals surface area contributed by atoms with Gasteiger partial charge in [-0.15, -0.1) is 0 Å². The zero-order chi connectivity index (χ0) is 14.4. The fourth-order valence-electron chi connectivity index (χ4n) is 2.31. The van der Waals surface area contributed by atoms with Crippen LogP contribution in [0.1, 0.15) is 27.0 Å². The molecule has 1 atom stereocenters. The first-order chi connectivity index (χ1) is 8.79. The van der Waals surface area contributed by atoms with Crippen molar-refractivity contribution in [3.05, 3.63) is 34.4 Å². The van der Waals surface area contributed by atoms with Crippen LogP contribution in [0, 0.1) is 6.92 Å². The lowest BCUT2D eigenvalue weighted by atomic mass is 9.87. The number of carboxylic acids is 1. The van der Waals surface area contributed by atoms with Gasteiger partial charge in [-0.2, -0.15) is 0 Å². The second-order valence-corrected chi connectivity index (χ2v) is 4.51. The van der Waals surface area contributed by atoms with Crippen LogP contribution in [0.5, 0.6) is 5.75 Å². The normalized spacial score (nSPS) is 21.7. The molecule has 0 aromatic heterocycles. The third kappa shape index (κ3) is 2.05. The van der Waals surface area contributed by atoms with Gasteiger partial charge < -0.3 is 25.2 Å². The van der Waals surface area contributed by atoms with Crippen LogP contribution in [0.15, 0.2) is 12.1 Å². The van der Waals surface area contributed by atoms with Crippen LogP contribution in [0.25, 0.3) is 5.76 Å². The number of hydrogen-bond donors (Lipinski definition) is 4. The van der Waals surface area contributed by atoms with E-state index < -0.39 is 23.3 Å². The average molecular weight is 266 g/mol. The fourth-order valence-corrected chi connectivity index (χ4v) is 2.31. The van der Waals surface area contributed by atoms with Gasteiger partial charge in [0.2, 0.25) is 0 Å². The highest BCUT2D eigenvalue weighted by Gasteiger charge is 2.35. The van der Waals surface area contributed by atoms with Crippen molar-refractivity contribution in [2.75, 3.05) is 7.11 Å². The molecule has 1 aromatic rings. The first-order valence-corrected chi connectivity index (χ1v) is 5.57. The van der Waals surface area contributed by atoms with Crippen LogP contribution in [0.3, 0.4) is 0 Å². The summed E-state index contributed by atoms with van der Waals surface area (Å²) in [6.07, 6.45) is 1.05. The van der Waals surface area contributed by atoms with Gasteiger partial charge in [0.1, 0.15) is 17.1 Å². The van der Waals surface area contributed by atoms with Crippen LogP contribution in [-0.4, -0.2) is 39.3 Å². The molecule has 6 nitrogen and oxygen atoms in total. The number of phenols is 1. The van der Waals surface area contributed by atoms with Gasteiger partial charge >= 0.3 is 5.97 Å². The smallest absolute Gasteiger partial charge is 0.339 e. The highest BCUT2D eigenvalue weighted by Crippen LogP contribution is 2.39. The van der Waals surface area contributed by atoms with E-state index in [9.17, 15) is 20.1 Å². The predicted molar refractivity (Wildman–Crippen MR) is 66.1 cm³/mol. The van der Waals surface area contributed by atoms with Crippen LogP contribution in [-0.2, 0) is 11.2 Å². The van der Waals surface area contributed by atoms with E-state index in [2.05, 4.69) is 0 Å². The lowest BCUT2D eigenvalue weighted by molar-refractivity contribution is -0.145. The summed E-state index contributed by atoms with van der Waals surface area (Å²) in [6, 6.07) is 1.51. The molecule has 1 unspecified atom stereocenters. The molecule has 0 radical (unpaired) electrons. The maximum absolute atomic E-state index is 11.1. The summed E-state index contributed by atoms with van der Waals surface area (Å²) in [7, 11) is 1.28. The lowest BCUT2D eigenvalue weighted by Crippen LogP contribution is -2.34. The molecule has 4 N–H and O–H groups in total. The summed E-state index contributed by atoms with van der Waals surface area (Å²) in [5.41, 5.74) is 0.521. The molecule has 6 heteroatoms. The molecule has 0 fully saturated rings. The Morgan fingerprint density at radius 1 is 1.42 bits per heavy atom. The summed E-state index contributed by atoms with van der Waals surface area (Å²) in [4.78, 5) is 11.1. The molecule has 0 amide bonds. The Labute approximate surface area is 109 Å². The summed E-state index contributed by atoms with van der Waals surface area (Å²) in [5.74, 6) is -3.86. The minimum Gasteiger partial charge on any atom is -0.507 e. The fraction of sp³-hybridized carbons (Fsp3) is 0.308. The standard InChI is InChI=1S/C13H14O6/c1-6-3-7-4-13(18,19-2)5-8(14)10(7)11(15)9(6)12(16)17/h3,5,14-15,18H,4H2,1-2H3,(H,16,17). The largest absolute Gasteiger partial charge is 0.507 e. The third-order valence-electron chi connectivity index (χ3n) is 3.21. The summed E-state index contributed by atoms with van der Waals surface area (Å²) >= 11 is 0. The Balaban J connectivity index is 2.70. The zero-order valence-electron chi connectivity index (χ0n) is 10.5. The van der Waals surface area contributed by atoms with Crippen molar-refractivity contribution in [2.24, 2.45) is 0 Å². The van der Waals surface area contributed by atoms with Crippen LogP contribution < -0.4 is 0 Å². The first kappa shape index (κ1) is 13.4. The van der Waals surface area contributed by atoms with Gasteiger partial charge in [-0.1, -0.05) is 6.07 Å². The molecule has 102 valence electrons. The number of aromatic carboxylic acids is 1. The Bertz CT molecular complexity index is 589. The molecule has 0 heterocycles. The Hall–Kier alpha value is -2.05. The Morgan fingerprint density at radius 3 is 2.58 bits per heavy atom. The number of rotatable bonds is 2. The maximum atomic E-state index is 11.1. The van der Waals surface area contributed by atoms with Crippen LogP contribution in [0.4, 0.5) is 0 Å². The van der Waals surface area contributed by atoms with Crippen LogP contribution >= 0.6 is 0 Å². The summed E-state index contributed by atoms with van der Waals surface area (Å²) in [6.45, 7) is 1.53. The number of carbonyl (C=O) groups is 1. The average Bonchev–Trinajstić information content (AvgIpc) is 2.26. The van der Waals surface area contributed by atoms with Crippen molar-refractivity contribution in [1.29, 1.82) is 0 Å². The minimum atomic E-state index is -1.67. The quantitative estimate of drug-likeness (QED) is 0.599. The molecule has 0 aliphatic heterocycles. The van der Waals surface area contributed by atoms with Gasteiger partial charge in [0.05, 0.1) is 5.56 Å². The molecule has 1 aliphatic rings. The highest BCUT2D eigenvalue weighted by atomic mass is 16.6. The van der Waals surface area contributed by atoms with E-state index in [1.54, 1.807) is 0 Å². The number of aliphatic hydroxyl groups is 2. The van der Waals surface area contributed by atoms with Gasteiger partial charge in [0.15, 0.2) is 5.79 Å². The van der Waals surface area contributed by atoms with E-state index >= 15 is 0 Å². The minimum absolute atomic E-state index is 0.0111. The van der Waals surface area contributed by atoms with Crippen molar-refractivity contribution in [3.8, 4) is 5.75 Å². The monoisotopic (exact) mass is 266 g/mol. The number of fused-ring (bicyclic) bond motifs is 1. The first-order valence-electron chi connectivity index (χ1n) is 5.57. The van der Waals surface area contributed by atoms with E-state index in [4.69, 9.17) is 9.84 Å². The molecule has 19 heavy (non-hydrogen) atoms. The number of ether oxygens (including phenoxy) is 1. The number of hydrogen-bond acceptors (Lipinski definition) is 5. The molecular weight excluding hydrogens is 252 g/mol. The Morgan fingerprint density at radius 2 is 2.05 bits per heavy atom. The van der Waals surface area contributed by atoms with Crippen molar-refractivity contribution < 1.29 is 30.0 Å². The number of carboxylic acid groups (broad SMARTS) is 1. The molecule has 0 spiro atoms. The van der Waals surface area contributed by atoms with E-state index in [-0.39, 0.29) is 17.5 Å². The van der Waals surface area contributed by atoms with Gasteiger partial charge in [0.25, 0.3) is 0 Å². The number of aliphatic hydroxyl groups excluding tert-OH is 1. The SMILES string of the molecule is COC1(O)C=C(O)c2c(cc(C)c(C(=O)O)c2O)C1. The highest BCUT2D eigenvalue weighted by molar-refractivity contribution is 5.95. The van der Waals surface area contributed by atoms with E-state index in [0.29, 0.717) is 11.1 Å². The van der Waals surface area contributed by atoms with E-state index in [1.165, 1.54) is 20.1 Å². The van der Waals surface area contributed by atoms with Crippen LogP contribution in [0.2, 0.25) is 0 Å². The van der Waals surface area contributed by atoms with Crippen molar-refractivity contribution >= 4 is 11.7 Å². The van der Waals surface area contributed by atoms with E-state index in [1.807, 2.05) is 0 Å². The van der Waals surface area contributed by atoms with E-state index in [0.717, 1.165) is 6.08 Å². The topological polar surface area (TPSA) is 107 Å². The number of benzene rings is 1. The van der Waals surface area contributed by atoms with Gasteiger partial charge in [-0.05, 0) is 18.1 Å².